The molecule has 0 unspecified atom stereocenters. The summed E-state index contributed by atoms with van der Waals surface area (Å²) in [6.45, 7) is 5.68. The maximum Gasteiger partial charge on any atom is 0.250 e. The molecule has 1 aliphatic heterocycles. The van der Waals surface area contributed by atoms with Crippen LogP contribution in [0.4, 0.5) is 0 Å². The molecule has 4 nitrogen and oxygen atoms in total. The Morgan fingerprint density at radius 1 is 1.77 bits per heavy atom. The number of ether oxygens (including phenoxy) is 1. The minimum atomic E-state index is -0.398. The van der Waals surface area contributed by atoms with Crippen molar-refractivity contribution in [3.63, 3.8) is 0 Å². The number of amides is 1. The van der Waals surface area contributed by atoms with E-state index in [1.54, 1.807) is 0 Å². The van der Waals surface area contributed by atoms with Gasteiger partial charge in [0.25, 0.3) is 5.91 Å². The van der Waals surface area contributed by atoms with Crippen LogP contribution in [0.15, 0.2) is 11.6 Å². The van der Waals surface area contributed by atoms with Crippen molar-refractivity contribution in [2.24, 2.45) is 0 Å². The number of carbonyl (C=O) groups excluding carboxylic acids is 1. The fourth-order valence-electron chi connectivity index (χ4n) is 1.03. The highest BCUT2D eigenvalue weighted by Crippen LogP contribution is 1.97. The van der Waals surface area contributed by atoms with E-state index in [2.05, 4.69) is 17.2 Å². The van der Waals surface area contributed by atoms with Gasteiger partial charge in [0.1, 0.15) is 6.10 Å². The molecule has 0 spiro atoms. The molecular weight excluding hydrogens is 192 g/mol. The van der Waals surface area contributed by atoms with Gasteiger partial charge in [-0.3, -0.25) is 4.79 Å². The molecule has 0 saturated carbocycles. The molecule has 0 aliphatic carbocycles. The quantitative estimate of drug-likeness (QED) is 0.672. The summed E-state index contributed by atoms with van der Waals surface area (Å²) in [6, 6.07) is 0. The van der Waals surface area contributed by atoms with Crippen molar-refractivity contribution in [1.29, 1.82) is 0 Å². The highest BCUT2D eigenvalue weighted by Gasteiger charge is 2.20. The third-order valence-electron chi connectivity index (χ3n) is 1.67. The molecule has 0 bridgehead atoms. The van der Waals surface area contributed by atoms with Gasteiger partial charge in [0.2, 0.25) is 0 Å². The monoisotopic (exact) mass is 204 g/mol. The molecule has 2 N–H and O–H groups in total. The number of hydrogen-bond donors (Lipinski definition) is 2. The van der Waals surface area contributed by atoms with E-state index in [1.807, 2.05) is 0 Å². The van der Waals surface area contributed by atoms with Crippen molar-refractivity contribution >= 4 is 17.5 Å². The second kappa shape index (κ2) is 5.21. The van der Waals surface area contributed by atoms with Crippen molar-refractivity contribution in [3.8, 4) is 0 Å². The fourth-order valence-corrected chi connectivity index (χ4v) is 1.10. The maximum atomic E-state index is 11.3. The number of morpholine rings is 1. The lowest BCUT2D eigenvalue weighted by molar-refractivity contribution is -0.133. The highest BCUT2D eigenvalue weighted by molar-refractivity contribution is 6.29. The van der Waals surface area contributed by atoms with E-state index in [4.69, 9.17) is 16.3 Å². The van der Waals surface area contributed by atoms with E-state index in [9.17, 15) is 4.79 Å². The van der Waals surface area contributed by atoms with Crippen LogP contribution in [0.25, 0.3) is 0 Å². The van der Waals surface area contributed by atoms with Crippen molar-refractivity contribution < 1.29 is 9.53 Å². The molecule has 1 rings (SSSR count). The second-order valence-corrected chi connectivity index (χ2v) is 3.33. The van der Waals surface area contributed by atoms with Gasteiger partial charge < -0.3 is 15.4 Å². The standard InChI is InChI=1S/C8H13ClN2O2/c1-6(9)4-11-8(12)7-5-10-2-3-13-7/h7,10H,1-5H2,(H,11,12)/t7-/m1/s1. The molecule has 0 aromatic heterocycles. The summed E-state index contributed by atoms with van der Waals surface area (Å²) in [4.78, 5) is 11.3. The minimum Gasteiger partial charge on any atom is -0.366 e. The van der Waals surface area contributed by atoms with Gasteiger partial charge in [-0.05, 0) is 0 Å². The number of halogens is 1. The molecule has 1 aliphatic rings. The van der Waals surface area contributed by atoms with Gasteiger partial charge in [-0.1, -0.05) is 18.2 Å². The Bertz CT molecular complexity index is 202. The zero-order valence-electron chi connectivity index (χ0n) is 7.31. The van der Waals surface area contributed by atoms with E-state index in [-0.39, 0.29) is 5.91 Å². The van der Waals surface area contributed by atoms with Gasteiger partial charge in [-0.15, -0.1) is 0 Å². The average Bonchev–Trinajstić information content (AvgIpc) is 2.15. The molecule has 0 aromatic rings. The SMILES string of the molecule is C=C(Cl)CNC(=O)[C@H]1CNCCO1. The van der Waals surface area contributed by atoms with Gasteiger partial charge in [-0.2, -0.15) is 0 Å². The summed E-state index contributed by atoms with van der Waals surface area (Å²) in [7, 11) is 0. The van der Waals surface area contributed by atoms with Crippen LogP contribution >= 0.6 is 11.6 Å². The first-order valence-electron chi connectivity index (χ1n) is 4.13. The maximum absolute atomic E-state index is 11.3. The molecule has 0 radical (unpaired) electrons. The Labute approximate surface area is 82.3 Å². The zero-order chi connectivity index (χ0) is 9.68. The minimum absolute atomic E-state index is 0.144. The predicted molar refractivity (Wildman–Crippen MR) is 50.6 cm³/mol. The largest absolute Gasteiger partial charge is 0.366 e. The summed E-state index contributed by atoms with van der Waals surface area (Å²) >= 11 is 5.50. The Balaban J connectivity index is 2.25. The first-order chi connectivity index (χ1) is 6.20. The molecule has 5 heteroatoms. The first kappa shape index (κ1) is 10.5. The number of nitrogens with one attached hydrogen (secondary N) is 2. The van der Waals surface area contributed by atoms with E-state index in [0.717, 1.165) is 6.54 Å². The molecule has 0 aromatic carbocycles. The number of hydrogen-bond acceptors (Lipinski definition) is 3. The summed E-state index contributed by atoms with van der Waals surface area (Å²) in [6.07, 6.45) is -0.398. The molecule has 1 heterocycles. The molecule has 13 heavy (non-hydrogen) atoms. The Hall–Kier alpha value is -0.580. The van der Waals surface area contributed by atoms with E-state index < -0.39 is 6.10 Å². The zero-order valence-corrected chi connectivity index (χ0v) is 8.06. The summed E-state index contributed by atoms with van der Waals surface area (Å²) in [5.41, 5.74) is 0. The van der Waals surface area contributed by atoms with Crippen molar-refractivity contribution in [2.45, 2.75) is 6.10 Å². The first-order valence-corrected chi connectivity index (χ1v) is 4.51. The molecule has 1 amide bonds. The Morgan fingerprint density at radius 2 is 2.54 bits per heavy atom. The molecular formula is C8H13ClN2O2. The van der Waals surface area contributed by atoms with Crippen LogP contribution in [0.3, 0.4) is 0 Å². The van der Waals surface area contributed by atoms with E-state index >= 15 is 0 Å². The van der Waals surface area contributed by atoms with Crippen LogP contribution in [0.1, 0.15) is 0 Å². The summed E-state index contributed by atoms with van der Waals surface area (Å²) in [5, 5.41) is 6.09. The number of rotatable bonds is 3. The van der Waals surface area contributed by atoms with Crippen LogP contribution in [-0.4, -0.2) is 38.3 Å². The topological polar surface area (TPSA) is 50.4 Å². The fraction of sp³-hybridized carbons (Fsp3) is 0.625. The van der Waals surface area contributed by atoms with Crippen LogP contribution in [0.5, 0.6) is 0 Å². The van der Waals surface area contributed by atoms with Gasteiger partial charge in [0.05, 0.1) is 13.2 Å². The van der Waals surface area contributed by atoms with Crippen LogP contribution in [-0.2, 0) is 9.53 Å². The van der Waals surface area contributed by atoms with Gasteiger partial charge in [-0.25, -0.2) is 0 Å². The van der Waals surface area contributed by atoms with Crippen molar-refractivity contribution in [1.82, 2.24) is 10.6 Å². The Kier molecular flexibility index (Phi) is 4.21. The second-order valence-electron chi connectivity index (χ2n) is 2.80. The Morgan fingerprint density at radius 3 is 3.08 bits per heavy atom. The molecule has 1 saturated heterocycles. The third kappa shape index (κ3) is 3.76. The van der Waals surface area contributed by atoms with Gasteiger partial charge in [0.15, 0.2) is 0 Å². The predicted octanol–water partition coefficient (Wildman–Crippen LogP) is -0.157. The molecule has 1 fully saturated rings. The summed E-state index contributed by atoms with van der Waals surface area (Å²) in [5.74, 6) is -0.144. The van der Waals surface area contributed by atoms with Crippen LogP contribution in [0, 0.1) is 0 Å². The van der Waals surface area contributed by atoms with Gasteiger partial charge >= 0.3 is 0 Å². The lowest BCUT2D eigenvalue weighted by Crippen LogP contribution is -2.48. The van der Waals surface area contributed by atoms with Crippen molar-refractivity contribution in [3.05, 3.63) is 11.6 Å². The van der Waals surface area contributed by atoms with Crippen molar-refractivity contribution in [2.75, 3.05) is 26.2 Å². The smallest absolute Gasteiger partial charge is 0.250 e. The highest BCUT2D eigenvalue weighted by atomic mass is 35.5. The third-order valence-corrected chi connectivity index (χ3v) is 1.81. The molecule has 74 valence electrons. The van der Waals surface area contributed by atoms with Crippen LogP contribution < -0.4 is 10.6 Å². The van der Waals surface area contributed by atoms with Crippen LogP contribution in [0.2, 0.25) is 0 Å². The van der Waals surface area contributed by atoms with Gasteiger partial charge in [0, 0.05) is 18.1 Å². The lowest BCUT2D eigenvalue weighted by atomic mass is 10.3. The van der Waals surface area contributed by atoms with E-state index in [0.29, 0.717) is 24.7 Å². The lowest BCUT2D eigenvalue weighted by Gasteiger charge is -2.22. The normalized spacial score (nSPS) is 22.4. The number of carbonyl (C=O) groups is 1. The average molecular weight is 205 g/mol. The van der Waals surface area contributed by atoms with E-state index in [1.165, 1.54) is 0 Å². The molecule has 1 atom stereocenters. The summed E-state index contributed by atoms with van der Waals surface area (Å²) < 4.78 is 5.22.